The first-order chi connectivity index (χ1) is 14.7. The van der Waals surface area contributed by atoms with Gasteiger partial charge in [-0.3, -0.25) is 0 Å². The van der Waals surface area contributed by atoms with Crippen LogP contribution < -0.4 is 0 Å². The van der Waals surface area contributed by atoms with E-state index in [1.807, 2.05) is 11.3 Å². The third-order valence-corrected chi connectivity index (χ3v) is 8.83. The third-order valence-electron chi connectivity index (χ3n) is 6.78. The van der Waals surface area contributed by atoms with Crippen LogP contribution in [0.15, 0.2) is 54.6 Å². The minimum atomic E-state index is -0.0997. The second-order valence-corrected chi connectivity index (χ2v) is 10.7. The highest BCUT2D eigenvalue weighted by molar-refractivity contribution is 7.19. The molecule has 0 saturated carbocycles. The van der Waals surface area contributed by atoms with E-state index in [4.69, 9.17) is 0 Å². The molecule has 7 rings (SSSR count). The quantitative estimate of drug-likeness (QED) is 0.268. The molecule has 0 amide bonds. The molecule has 2 aromatic heterocycles. The number of aryl methyl sites for hydroxylation is 4. The van der Waals surface area contributed by atoms with Crippen molar-refractivity contribution in [1.29, 1.82) is 0 Å². The van der Waals surface area contributed by atoms with Gasteiger partial charge in [0.15, 0.2) is 5.13 Å². The van der Waals surface area contributed by atoms with Crippen molar-refractivity contribution in [3.63, 3.8) is 0 Å². The number of benzene rings is 3. The monoisotopic (exact) mass is 426 g/mol. The fraction of sp³-hybridized carbons (Fsp3) is 0.185. The molecule has 5 aromatic rings. The summed E-state index contributed by atoms with van der Waals surface area (Å²) in [7, 11) is 0. The Morgan fingerprint density at radius 3 is 2.27 bits per heavy atom. The van der Waals surface area contributed by atoms with Crippen LogP contribution in [0.5, 0.6) is 0 Å². The maximum absolute atomic E-state index is 13.8. The number of thiophene rings is 2. The smallest absolute Gasteiger partial charge is 0.177 e. The normalized spacial score (nSPS) is 14.0. The molecule has 2 aliphatic rings. The van der Waals surface area contributed by atoms with E-state index in [-0.39, 0.29) is 5.13 Å². The van der Waals surface area contributed by atoms with E-state index in [0.29, 0.717) is 0 Å². The molecular formula is C27H19FS2. The molecule has 0 aliphatic heterocycles. The Bertz CT molecular complexity index is 1480. The van der Waals surface area contributed by atoms with Crippen molar-refractivity contribution in [2.45, 2.75) is 32.1 Å². The Labute approximate surface area is 182 Å². The van der Waals surface area contributed by atoms with Gasteiger partial charge >= 0.3 is 0 Å². The van der Waals surface area contributed by atoms with E-state index in [0.717, 1.165) is 22.9 Å². The summed E-state index contributed by atoms with van der Waals surface area (Å²) < 4.78 is 16.2. The molecule has 0 radical (unpaired) electrons. The molecule has 2 aliphatic carbocycles. The van der Waals surface area contributed by atoms with Crippen molar-refractivity contribution in [3.8, 4) is 22.3 Å². The number of hydrogen-bond acceptors (Lipinski definition) is 2. The molecule has 3 heteroatoms. The topological polar surface area (TPSA) is 0 Å². The molecule has 2 heterocycles. The van der Waals surface area contributed by atoms with Crippen LogP contribution in [0.4, 0.5) is 4.39 Å². The van der Waals surface area contributed by atoms with E-state index in [1.165, 1.54) is 73.4 Å². The van der Waals surface area contributed by atoms with Crippen LogP contribution >= 0.6 is 22.7 Å². The first-order valence-corrected chi connectivity index (χ1v) is 12.3. The van der Waals surface area contributed by atoms with E-state index >= 15 is 0 Å². The predicted octanol–water partition coefficient (Wildman–Crippen LogP) is 8.18. The fourth-order valence-corrected chi connectivity index (χ4v) is 7.22. The highest BCUT2D eigenvalue weighted by atomic mass is 32.1. The van der Waals surface area contributed by atoms with Gasteiger partial charge in [-0.25, -0.2) is 0 Å². The zero-order valence-corrected chi connectivity index (χ0v) is 18.1. The van der Waals surface area contributed by atoms with E-state index < -0.39 is 0 Å². The zero-order valence-electron chi connectivity index (χ0n) is 16.4. The third kappa shape index (κ3) is 2.42. The highest BCUT2D eigenvalue weighted by Gasteiger charge is 2.28. The summed E-state index contributed by atoms with van der Waals surface area (Å²) in [6.45, 7) is 0. The molecule has 0 spiro atoms. The van der Waals surface area contributed by atoms with Gasteiger partial charge < -0.3 is 0 Å². The lowest BCUT2D eigenvalue weighted by atomic mass is 9.77. The molecule has 3 aromatic carbocycles. The minimum absolute atomic E-state index is 0.0997. The average Bonchev–Trinajstić information content (AvgIpc) is 3.44. The standard InChI is InChI=1S/C27H19FS2/c28-25-14-22-24(30-25)11-9-20-26-19(27(20)22)8-10-23-21(26)13-18(29-23)7-5-15-4-6-16-2-1-3-17(16)12-15/h4,6,8-14H,1-3,5,7H2. The Morgan fingerprint density at radius 1 is 0.700 bits per heavy atom. The molecule has 0 bridgehead atoms. The van der Waals surface area contributed by atoms with E-state index in [2.05, 4.69) is 48.5 Å². The van der Waals surface area contributed by atoms with Crippen LogP contribution in [0.3, 0.4) is 0 Å². The van der Waals surface area contributed by atoms with Gasteiger partial charge in [-0.1, -0.05) is 30.3 Å². The number of halogens is 1. The van der Waals surface area contributed by atoms with E-state index in [9.17, 15) is 4.39 Å². The second-order valence-electron chi connectivity index (χ2n) is 8.52. The molecule has 0 unspecified atom stereocenters. The molecule has 0 fully saturated rings. The van der Waals surface area contributed by atoms with Crippen LogP contribution in [0.1, 0.15) is 28.0 Å². The second kappa shape index (κ2) is 6.26. The number of fused-ring (bicyclic) bond motifs is 9. The lowest BCUT2D eigenvalue weighted by Gasteiger charge is -2.25. The molecular weight excluding hydrogens is 407 g/mol. The predicted molar refractivity (Wildman–Crippen MR) is 127 cm³/mol. The summed E-state index contributed by atoms with van der Waals surface area (Å²) in [6.07, 6.45) is 6.01. The van der Waals surface area contributed by atoms with E-state index in [1.54, 1.807) is 17.2 Å². The Kier molecular flexibility index (Phi) is 3.59. The summed E-state index contributed by atoms with van der Waals surface area (Å²) in [5.74, 6) is 0. The van der Waals surface area contributed by atoms with Crippen LogP contribution in [0.25, 0.3) is 42.4 Å². The summed E-state index contributed by atoms with van der Waals surface area (Å²) in [4.78, 5) is 1.45. The van der Waals surface area contributed by atoms with Crippen molar-refractivity contribution in [2.24, 2.45) is 0 Å². The maximum Gasteiger partial charge on any atom is 0.177 e. The molecule has 30 heavy (non-hydrogen) atoms. The SMILES string of the molecule is Fc1cc2c3c(ccc2s1)-c1c-3ccc2sc(CCc3ccc4c(c3)CCC4)cc12. The summed E-state index contributed by atoms with van der Waals surface area (Å²) >= 11 is 3.16. The van der Waals surface area contributed by atoms with Crippen molar-refractivity contribution in [3.05, 3.63) is 81.3 Å². The van der Waals surface area contributed by atoms with Gasteiger partial charge in [-0.05, 0) is 95.3 Å². The van der Waals surface area contributed by atoms with Crippen molar-refractivity contribution in [2.75, 3.05) is 0 Å². The fourth-order valence-electron chi connectivity index (χ4n) is 5.35. The zero-order chi connectivity index (χ0) is 19.8. The van der Waals surface area contributed by atoms with Crippen LogP contribution in [0, 0.1) is 5.13 Å². The van der Waals surface area contributed by atoms with Gasteiger partial charge in [-0.15, -0.1) is 22.7 Å². The summed E-state index contributed by atoms with van der Waals surface area (Å²) in [5.41, 5.74) is 9.74. The van der Waals surface area contributed by atoms with Crippen LogP contribution in [-0.2, 0) is 25.7 Å². The molecule has 0 saturated heterocycles. The van der Waals surface area contributed by atoms with Gasteiger partial charge in [0.2, 0.25) is 0 Å². The maximum atomic E-state index is 13.8. The average molecular weight is 427 g/mol. The largest absolute Gasteiger partial charge is 0.195 e. The molecule has 0 nitrogen and oxygen atoms in total. The Morgan fingerprint density at radius 2 is 1.43 bits per heavy atom. The summed E-state index contributed by atoms with van der Waals surface area (Å²) in [5, 5.41) is 2.33. The first-order valence-electron chi connectivity index (χ1n) is 10.6. The molecule has 0 atom stereocenters. The molecule has 146 valence electrons. The molecule has 0 N–H and O–H groups in total. The minimum Gasteiger partial charge on any atom is -0.195 e. The Balaban J connectivity index is 1.23. The van der Waals surface area contributed by atoms with Crippen LogP contribution in [-0.4, -0.2) is 0 Å². The van der Waals surface area contributed by atoms with Gasteiger partial charge in [0, 0.05) is 25.0 Å². The highest BCUT2D eigenvalue weighted by Crippen LogP contribution is 2.55. The van der Waals surface area contributed by atoms with Crippen molar-refractivity contribution >= 4 is 42.8 Å². The van der Waals surface area contributed by atoms with Gasteiger partial charge in [0.05, 0.1) is 0 Å². The lowest BCUT2D eigenvalue weighted by Crippen LogP contribution is -1.99. The van der Waals surface area contributed by atoms with Crippen molar-refractivity contribution in [1.82, 2.24) is 0 Å². The summed E-state index contributed by atoms with van der Waals surface area (Å²) in [6, 6.07) is 19.9. The number of hydrogen-bond donors (Lipinski definition) is 0. The van der Waals surface area contributed by atoms with Gasteiger partial charge in [0.1, 0.15) is 0 Å². The lowest BCUT2D eigenvalue weighted by molar-refractivity contribution is 0.658. The van der Waals surface area contributed by atoms with Gasteiger partial charge in [-0.2, -0.15) is 4.39 Å². The van der Waals surface area contributed by atoms with Crippen molar-refractivity contribution < 1.29 is 4.39 Å². The Hall–Kier alpha value is -2.49. The first kappa shape index (κ1) is 17.2. The number of rotatable bonds is 3. The van der Waals surface area contributed by atoms with Crippen LogP contribution in [0.2, 0.25) is 0 Å². The van der Waals surface area contributed by atoms with Gasteiger partial charge in [0.25, 0.3) is 0 Å².